The quantitative estimate of drug-likeness (QED) is 0.244. The molecule has 1 aliphatic heterocycles. The van der Waals surface area contributed by atoms with Crippen molar-refractivity contribution >= 4 is 29.3 Å². The van der Waals surface area contributed by atoms with Crippen molar-refractivity contribution in [2.75, 3.05) is 37.2 Å². The highest BCUT2D eigenvalue weighted by molar-refractivity contribution is 8.01. The number of hydrogen-bond acceptors (Lipinski definition) is 4. The fourth-order valence-corrected chi connectivity index (χ4v) is 6.74. The average molecular weight is 558 g/mol. The van der Waals surface area contributed by atoms with Gasteiger partial charge in [-0.1, -0.05) is 93.6 Å². The van der Waals surface area contributed by atoms with Crippen LogP contribution < -0.4 is 10.6 Å². The molecular formula is C34H43N3O2S. The first-order valence-electron chi connectivity index (χ1n) is 14.6. The van der Waals surface area contributed by atoms with E-state index in [0.29, 0.717) is 12.5 Å². The number of thioether (sulfide) groups is 1. The van der Waals surface area contributed by atoms with Crippen LogP contribution >= 0.6 is 11.8 Å². The minimum atomic E-state index is -0.765. The summed E-state index contributed by atoms with van der Waals surface area (Å²) in [5.74, 6) is 1.42. The van der Waals surface area contributed by atoms with Crippen molar-refractivity contribution in [2.45, 2.75) is 50.7 Å². The van der Waals surface area contributed by atoms with Crippen LogP contribution in [0.5, 0.6) is 0 Å². The molecule has 3 aromatic carbocycles. The molecule has 4 rings (SSSR count). The molecule has 0 spiro atoms. The first-order valence-corrected chi connectivity index (χ1v) is 15.6. The zero-order valence-corrected chi connectivity index (χ0v) is 24.9. The van der Waals surface area contributed by atoms with E-state index in [-0.39, 0.29) is 17.7 Å². The Morgan fingerprint density at radius 1 is 0.925 bits per heavy atom. The molecule has 1 heterocycles. The maximum absolute atomic E-state index is 13.9. The molecule has 1 aliphatic rings. The number of piperidine rings is 1. The second-order valence-corrected chi connectivity index (χ2v) is 12.3. The lowest BCUT2D eigenvalue weighted by Crippen LogP contribution is -2.44. The fourth-order valence-electron chi connectivity index (χ4n) is 5.50. The van der Waals surface area contributed by atoms with Gasteiger partial charge in [0.2, 0.25) is 11.8 Å². The largest absolute Gasteiger partial charge is 0.354 e. The maximum Gasteiger partial charge on any atom is 0.245 e. The number of hydrogen-bond donors (Lipinski definition) is 2. The SMILES string of the molecule is CCSC(C(=O)NCCCN1CCC(c2cccc(NC(=O)C(C)C)c2)CC1)(c1ccccc1)c1ccccc1. The summed E-state index contributed by atoms with van der Waals surface area (Å²) in [5, 5.41) is 6.32. The number of amides is 2. The van der Waals surface area contributed by atoms with E-state index in [2.05, 4.69) is 58.9 Å². The van der Waals surface area contributed by atoms with Gasteiger partial charge in [-0.2, -0.15) is 0 Å². The smallest absolute Gasteiger partial charge is 0.245 e. The average Bonchev–Trinajstić information content (AvgIpc) is 2.99. The number of carbonyl (C=O) groups excluding carboxylic acids is 2. The Kier molecular flexibility index (Phi) is 10.8. The molecule has 6 heteroatoms. The summed E-state index contributed by atoms with van der Waals surface area (Å²) in [5.41, 5.74) is 4.22. The van der Waals surface area contributed by atoms with Gasteiger partial charge in [0, 0.05) is 18.2 Å². The predicted molar refractivity (Wildman–Crippen MR) is 168 cm³/mol. The number of benzene rings is 3. The van der Waals surface area contributed by atoms with E-state index >= 15 is 0 Å². The van der Waals surface area contributed by atoms with Crippen LogP contribution in [0.4, 0.5) is 5.69 Å². The third-order valence-electron chi connectivity index (χ3n) is 7.72. The van der Waals surface area contributed by atoms with E-state index in [9.17, 15) is 9.59 Å². The summed E-state index contributed by atoms with van der Waals surface area (Å²) in [6.07, 6.45) is 3.13. The Hall–Kier alpha value is -3.09. The first-order chi connectivity index (χ1) is 19.4. The zero-order chi connectivity index (χ0) is 28.4. The molecule has 0 aliphatic carbocycles. The number of anilines is 1. The molecule has 5 nitrogen and oxygen atoms in total. The Balaban J connectivity index is 1.30. The third kappa shape index (κ3) is 7.35. The van der Waals surface area contributed by atoms with Gasteiger partial charge in [0.25, 0.3) is 0 Å². The minimum absolute atomic E-state index is 0.0322. The minimum Gasteiger partial charge on any atom is -0.354 e. The van der Waals surface area contributed by atoms with Gasteiger partial charge in [-0.05, 0) is 79.4 Å². The predicted octanol–water partition coefficient (Wildman–Crippen LogP) is 6.66. The molecule has 212 valence electrons. The van der Waals surface area contributed by atoms with Crippen LogP contribution in [-0.2, 0) is 14.3 Å². The molecule has 0 saturated carbocycles. The van der Waals surface area contributed by atoms with Gasteiger partial charge in [0.05, 0.1) is 0 Å². The number of carbonyl (C=O) groups is 2. The Morgan fingerprint density at radius 3 is 2.12 bits per heavy atom. The highest BCUT2D eigenvalue weighted by Gasteiger charge is 2.42. The molecule has 1 fully saturated rings. The summed E-state index contributed by atoms with van der Waals surface area (Å²) in [6.45, 7) is 9.65. The highest BCUT2D eigenvalue weighted by atomic mass is 32.2. The summed E-state index contributed by atoms with van der Waals surface area (Å²) in [4.78, 5) is 28.5. The van der Waals surface area contributed by atoms with E-state index in [0.717, 1.165) is 61.5 Å². The lowest BCUT2D eigenvalue weighted by molar-refractivity contribution is -0.122. The topological polar surface area (TPSA) is 61.4 Å². The molecule has 0 unspecified atom stereocenters. The summed E-state index contributed by atoms with van der Waals surface area (Å²) in [6, 6.07) is 28.6. The normalized spacial score (nSPS) is 14.7. The zero-order valence-electron chi connectivity index (χ0n) is 24.1. The second kappa shape index (κ2) is 14.5. The van der Waals surface area contributed by atoms with Crippen molar-refractivity contribution < 1.29 is 9.59 Å². The molecule has 0 aromatic heterocycles. The van der Waals surface area contributed by atoms with Gasteiger partial charge < -0.3 is 15.5 Å². The van der Waals surface area contributed by atoms with Crippen molar-refractivity contribution in [3.63, 3.8) is 0 Å². The Morgan fingerprint density at radius 2 is 1.55 bits per heavy atom. The van der Waals surface area contributed by atoms with Gasteiger partial charge in [0.1, 0.15) is 4.75 Å². The molecule has 2 amide bonds. The Labute approximate surface area is 244 Å². The van der Waals surface area contributed by atoms with E-state index in [1.54, 1.807) is 11.8 Å². The molecule has 0 radical (unpaired) electrons. The van der Waals surface area contributed by atoms with Crippen molar-refractivity contribution in [3.8, 4) is 0 Å². The summed E-state index contributed by atoms with van der Waals surface area (Å²) >= 11 is 1.68. The summed E-state index contributed by atoms with van der Waals surface area (Å²) in [7, 11) is 0. The van der Waals surface area contributed by atoms with Gasteiger partial charge in [-0.15, -0.1) is 11.8 Å². The standard InChI is InChI=1S/C34H43N3O2S/c1-4-40-34(29-14-7-5-8-15-29,30-16-9-6-10-17-30)33(39)35-21-12-22-37-23-19-27(20-24-37)28-13-11-18-31(25-28)36-32(38)26(2)3/h5-11,13-18,25-27H,4,12,19-24H2,1-3H3,(H,35,39)(H,36,38). The fraction of sp³-hybridized carbons (Fsp3) is 0.412. The van der Waals surface area contributed by atoms with E-state index in [1.165, 1.54) is 5.56 Å². The number of likely N-dealkylation sites (tertiary alicyclic amines) is 1. The molecule has 2 N–H and O–H groups in total. The third-order valence-corrected chi connectivity index (χ3v) is 9.09. The molecular weight excluding hydrogens is 514 g/mol. The van der Waals surface area contributed by atoms with Gasteiger partial charge in [-0.3, -0.25) is 9.59 Å². The number of nitrogens with one attached hydrogen (secondary N) is 2. The van der Waals surface area contributed by atoms with Gasteiger partial charge in [-0.25, -0.2) is 0 Å². The van der Waals surface area contributed by atoms with Crippen LogP contribution in [0.15, 0.2) is 84.9 Å². The summed E-state index contributed by atoms with van der Waals surface area (Å²) < 4.78 is -0.765. The van der Waals surface area contributed by atoms with Crippen LogP contribution in [0.3, 0.4) is 0 Å². The Bertz CT molecular complexity index is 1180. The lowest BCUT2D eigenvalue weighted by Gasteiger charge is -2.34. The first kappa shape index (κ1) is 29.9. The molecule has 40 heavy (non-hydrogen) atoms. The van der Waals surface area contributed by atoms with Crippen LogP contribution in [0.25, 0.3) is 0 Å². The molecule has 1 saturated heterocycles. The molecule has 0 bridgehead atoms. The molecule has 3 aromatic rings. The maximum atomic E-state index is 13.9. The van der Waals surface area contributed by atoms with Gasteiger partial charge in [0.15, 0.2) is 0 Å². The van der Waals surface area contributed by atoms with E-state index < -0.39 is 4.75 Å². The van der Waals surface area contributed by atoms with Crippen LogP contribution in [0, 0.1) is 5.92 Å². The van der Waals surface area contributed by atoms with E-state index in [1.807, 2.05) is 62.4 Å². The van der Waals surface area contributed by atoms with Crippen LogP contribution in [0.1, 0.15) is 62.6 Å². The number of nitrogens with zero attached hydrogens (tertiary/aromatic N) is 1. The molecule has 0 atom stereocenters. The van der Waals surface area contributed by atoms with E-state index in [4.69, 9.17) is 0 Å². The highest BCUT2D eigenvalue weighted by Crippen LogP contribution is 2.43. The van der Waals surface area contributed by atoms with Crippen molar-refractivity contribution in [1.82, 2.24) is 10.2 Å². The van der Waals surface area contributed by atoms with Crippen molar-refractivity contribution in [2.24, 2.45) is 5.92 Å². The van der Waals surface area contributed by atoms with Crippen LogP contribution in [-0.4, -0.2) is 48.6 Å². The lowest BCUT2D eigenvalue weighted by atomic mass is 9.89. The van der Waals surface area contributed by atoms with Crippen LogP contribution in [0.2, 0.25) is 0 Å². The monoisotopic (exact) mass is 557 g/mol. The van der Waals surface area contributed by atoms with Crippen molar-refractivity contribution in [1.29, 1.82) is 0 Å². The van der Waals surface area contributed by atoms with Crippen molar-refractivity contribution in [3.05, 3.63) is 102 Å². The second-order valence-electron chi connectivity index (χ2n) is 10.8. The number of rotatable bonds is 12. The van der Waals surface area contributed by atoms with Gasteiger partial charge >= 0.3 is 0 Å².